The molecule has 140 valence electrons. The zero-order chi connectivity index (χ0) is 19.2. The van der Waals surface area contributed by atoms with Gasteiger partial charge in [0.1, 0.15) is 5.82 Å². The van der Waals surface area contributed by atoms with Crippen LogP contribution in [0.1, 0.15) is 36.3 Å². The highest BCUT2D eigenvalue weighted by atomic mass is 32.2. The number of primary sulfonamides is 1. The number of carbonyl (C=O) groups excluding carboxylic acids is 1. The van der Waals surface area contributed by atoms with Crippen LogP contribution in [0.15, 0.2) is 41.3 Å². The van der Waals surface area contributed by atoms with Crippen molar-refractivity contribution < 1.29 is 13.2 Å². The number of nitrogens with one attached hydrogen (secondary N) is 2. The summed E-state index contributed by atoms with van der Waals surface area (Å²) in [6.45, 7) is 4.50. The van der Waals surface area contributed by atoms with Crippen molar-refractivity contribution in [2.24, 2.45) is 5.14 Å². The minimum atomic E-state index is -3.67. The van der Waals surface area contributed by atoms with Gasteiger partial charge in [0.15, 0.2) is 5.69 Å². The first-order chi connectivity index (χ1) is 12.3. The molecule has 9 heteroatoms. The SMILES string of the molecule is CCC(C)NC(=O)c1ccc(NCCc2ccc(S(N)(=O)=O)cc2)nn1. The number of rotatable bonds is 8. The van der Waals surface area contributed by atoms with Gasteiger partial charge in [0.05, 0.1) is 4.90 Å². The molecule has 2 rings (SSSR count). The summed E-state index contributed by atoms with van der Waals surface area (Å²) in [5.74, 6) is 0.319. The Hall–Kier alpha value is -2.52. The van der Waals surface area contributed by atoms with Gasteiger partial charge in [0, 0.05) is 12.6 Å². The summed E-state index contributed by atoms with van der Waals surface area (Å²) in [4.78, 5) is 12.0. The third-order valence-electron chi connectivity index (χ3n) is 3.86. The molecule has 8 nitrogen and oxygen atoms in total. The molecule has 0 aliphatic rings. The number of amides is 1. The lowest BCUT2D eigenvalue weighted by Crippen LogP contribution is -2.32. The quantitative estimate of drug-likeness (QED) is 0.636. The zero-order valence-corrected chi connectivity index (χ0v) is 15.6. The molecule has 26 heavy (non-hydrogen) atoms. The molecule has 4 N–H and O–H groups in total. The molecule has 1 amide bonds. The smallest absolute Gasteiger partial charge is 0.272 e. The highest BCUT2D eigenvalue weighted by Crippen LogP contribution is 2.10. The number of hydrogen-bond acceptors (Lipinski definition) is 6. The normalized spacial score (nSPS) is 12.4. The maximum atomic E-state index is 11.9. The van der Waals surface area contributed by atoms with Crippen LogP contribution >= 0.6 is 0 Å². The summed E-state index contributed by atoms with van der Waals surface area (Å²) < 4.78 is 22.4. The molecule has 0 saturated carbocycles. The fourth-order valence-corrected chi connectivity index (χ4v) is 2.64. The van der Waals surface area contributed by atoms with Crippen molar-refractivity contribution in [3.05, 3.63) is 47.7 Å². The van der Waals surface area contributed by atoms with Crippen molar-refractivity contribution in [2.45, 2.75) is 37.6 Å². The van der Waals surface area contributed by atoms with Crippen molar-refractivity contribution in [2.75, 3.05) is 11.9 Å². The molecule has 1 atom stereocenters. The van der Waals surface area contributed by atoms with Crippen LogP contribution in [0.3, 0.4) is 0 Å². The summed E-state index contributed by atoms with van der Waals surface area (Å²) >= 11 is 0. The summed E-state index contributed by atoms with van der Waals surface area (Å²) in [7, 11) is -3.67. The summed E-state index contributed by atoms with van der Waals surface area (Å²) in [6.07, 6.45) is 1.51. The second-order valence-electron chi connectivity index (χ2n) is 5.95. The number of sulfonamides is 1. The fourth-order valence-electron chi connectivity index (χ4n) is 2.13. The van der Waals surface area contributed by atoms with Crippen LogP contribution in [0, 0.1) is 0 Å². The van der Waals surface area contributed by atoms with Crippen molar-refractivity contribution in [3.8, 4) is 0 Å². The van der Waals surface area contributed by atoms with E-state index in [-0.39, 0.29) is 22.5 Å². The van der Waals surface area contributed by atoms with Gasteiger partial charge in [0.25, 0.3) is 5.91 Å². The molecule has 0 saturated heterocycles. The number of carbonyl (C=O) groups is 1. The lowest BCUT2D eigenvalue weighted by atomic mass is 10.1. The fraction of sp³-hybridized carbons (Fsp3) is 0.353. The van der Waals surface area contributed by atoms with Crippen LogP contribution in [0.5, 0.6) is 0 Å². The minimum absolute atomic E-state index is 0.0859. The average molecular weight is 377 g/mol. The van der Waals surface area contributed by atoms with Crippen molar-refractivity contribution in [1.29, 1.82) is 0 Å². The molecule has 2 aromatic rings. The molecule has 1 aromatic heterocycles. The Morgan fingerprint density at radius 2 is 1.85 bits per heavy atom. The third kappa shape index (κ3) is 5.78. The standard InChI is InChI=1S/C17H23N5O3S/c1-3-12(2)20-17(23)15-8-9-16(22-21-15)19-11-10-13-4-6-14(7-5-13)26(18,24)25/h4-9,12H,3,10-11H2,1-2H3,(H,19,22)(H,20,23)(H2,18,24,25). The van der Waals surface area contributed by atoms with Gasteiger partial charge in [-0.25, -0.2) is 13.6 Å². The Morgan fingerprint density at radius 3 is 2.38 bits per heavy atom. The molecule has 0 spiro atoms. The highest BCUT2D eigenvalue weighted by molar-refractivity contribution is 7.89. The summed E-state index contributed by atoms with van der Waals surface area (Å²) in [5, 5.41) is 18.9. The maximum absolute atomic E-state index is 11.9. The van der Waals surface area contributed by atoms with Crippen LogP contribution in [0.25, 0.3) is 0 Å². The van der Waals surface area contributed by atoms with E-state index in [2.05, 4.69) is 20.8 Å². The van der Waals surface area contributed by atoms with E-state index in [4.69, 9.17) is 5.14 Å². The largest absolute Gasteiger partial charge is 0.368 e. The van der Waals surface area contributed by atoms with E-state index in [1.54, 1.807) is 24.3 Å². The molecule has 1 aromatic carbocycles. The van der Waals surface area contributed by atoms with Crippen molar-refractivity contribution in [3.63, 3.8) is 0 Å². The second-order valence-corrected chi connectivity index (χ2v) is 7.51. The molecular formula is C17H23N5O3S. The number of nitrogens with two attached hydrogens (primary N) is 1. The molecule has 0 radical (unpaired) electrons. The Morgan fingerprint density at radius 1 is 1.15 bits per heavy atom. The van der Waals surface area contributed by atoms with Crippen molar-refractivity contribution in [1.82, 2.24) is 15.5 Å². The van der Waals surface area contributed by atoms with E-state index < -0.39 is 10.0 Å². The number of hydrogen-bond donors (Lipinski definition) is 3. The maximum Gasteiger partial charge on any atom is 0.272 e. The number of anilines is 1. The van der Waals surface area contributed by atoms with Crippen LogP contribution in [0.2, 0.25) is 0 Å². The molecule has 0 fully saturated rings. The second kappa shape index (κ2) is 8.72. The van der Waals surface area contributed by atoms with Gasteiger partial charge < -0.3 is 10.6 Å². The van der Waals surface area contributed by atoms with E-state index in [1.165, 1.54) is 12.1 Å². The van der Waals surface area contributed by atoms with Gasteiger partial charge in [-0.2, -0.15) is 0 Å². The van der Waals surface area contributed by atoms with Crippen LogP contribution in [0.4, 0.5) is 5.82 Å². The van der Waals surface area contributed by atoms with E-state index in [9.17, 15) is 13.2 Å². The predicted octanol–water partition coefficient (Wildman–Crippen LogP) is 1.31. The zero-order valence-electron chi connectivity index (χ0n) is 14.8. The number of aromatic nitrogens is 2. The first-order valence-electron chi connectivity index (χ1n) is 8.30. The van der Waals surface area contributed by atoms with Gasteiger partial charge >= 0.3 is 0 Å². The summed E-state index contributed by atoms with van der Waals surface area (Å²) in [5.41, 5.74) is 1.23. The van der Waals surface area contributed by atoms with E-state index in [0.717, 1.165) is 12.0 Å². The molecule has 1 unspecified atom stereocenters. The molecule has 1 heterocycles. The lowest BCUT2D eigenvalue weighted by Gasteiger charge is -2.10. The average Bonchev–Trinajstić information content (AvgIpc) is 2.61. The monoisotopic (exact) mass is 377 g/mol. The Balaban J connectivity index is 1.85. The Bertz CT molecular complexity index is 836. The van der Waals surface area contributed by atoms with Gasteiger partial charge in [0.2, 0.25) is 10.0 Å². The van der Waals surface area contributed by atoms with Crippen LogP contribution in [-0.2, 0) is 16.4 Å². The first-order valence-corrected chi connectivity index (χ1v) is 9.84. The molecular weight excluding hydrogens is 354 g/mol. The lowest BCUT2D eigenvalue weighted by molar-refractivity contribution is 0.0933. The first kappa shape index (κ1) is 19.8. The van der Waals surface area contributed by atoms with Crippen LogP contribution < -0.4 is 15.8 Å². The molecule has 0 aliphatic carbocycles. The third-order valence-corrected chi connectivity index (χ3v) is 4.79. The van der Waals surface area contributed by atoms with E-state index in [1.807, 2.05) is 13.8 Å². The van der Waals surface area contributed by atoms with Gasteiger partial charge in [-0.3, -0.25) is 4.79 Å². The van der Waals surface area contributed by atoms with E-state index in [0.29, 0.717) is 18.8 Å². The molecule has 0 aliphatic heterocycles. The van der Waals surface area contributed by atoms with E-state index >= 15 is 0 Å². The number of nitrogens with zero attached hydrogens (tertiary/aromatic N) is 2. The van der Waals surface area contributed by atoms with Crippen LogP contribution in [-0.4, -0.2) is 37.1 Å². The highest BCUT2D eigenvalue weighted by Gasteiger charge is 2.10. The minimum Gasteiger partial charge on any atom is -0.368 e. The topological polar surface area (TPSA) is 127 Å². The predicted molar refractivity (Wildman–Crippen MR) is 99.3 cm³/mol. The number of benzene rings is 1. The van der Waals surface area contributed by atoms with Gasteiger partial charge in [-0.15, -0.1) is 10.2 Å². The van der Waals surface area contributed by atoms with Gasteiger partial charge in [-0.1, -0.05) is 19.1 Å². The van der Waals surface area contributed by atoms with Crippen molar-refractivity contribution >= 4 is 21.7 Å². The Labute approximate surface area is 153 Å². The Kier molecular flexibility index (Phi) is 6.64. The summed E-state index contributed by atoms with van der Waals surface area (Å²) in [6, 6.07) is 9.80. The molecule has 0 bridgehead atoms. The van der Waals surface area contributed by atoms with Gasteiger partial charge in [-0.05, 0) is 49.6 Å².